The number of ether oxygens (including phenoxy) is 1. The summed E-state index contributed by atoms with van der Waals surface area (Å²) in [5.74, 6) is 2.63. The summed E-state index contributed by atoms with van der Waals surface area (Å²) in [6.45, 7) is 6.59. The third kappa shape index (κ3) is 3.84. The maximum atomic E-state index is 13.7. The van der Waals surface area contributed by atoms with Gasteiger partial charge < -0.3 is 9.26 Å². The highest BCUT2D eigenvalue weighted by atomic mass is 32.2. The van der Waals surface area contributed by atoms with E-state index < -0.39 is 0 Å². The Labute approximate surface area is 193 Å². The summed E-state index contributed by atoms with van der Waals surface area (Å²) >= 11 is 3.08. The Hall–Kier alpha value is -2.65. The molecule has 0 unspecified atom stereocenters. The zero-order valence-electron chi connectivity index (χ0n) is 18.3. The van der Waals surface area contributed by atoms with Crippen LogP contribution in [0.15, 0.2) is 38.7 Å². The molecule has 0 spiro atoms. The topological polar surface area (TPSA) is 83.0 Å². The molecule has 0 atom stereocenters. The van der Waals surface area contributed by atoms with Crippen LogP contribution in [0.5, 0.6) is 5.75 Å². The van der Waals surface area contributed by atoms with Gasteiger partial charge in [-0.15, -0.1) is 11.3 Å². The summed E-state index contributed by atoms with van der Waals surface area (Å²) in [6, 6.07) is 7.57. The molecule has 0 saturated heterocycles. The number of nitrogens with zero attached hydrogens (tertiary/aromatic N) is 4. The van der Waals surface area contributed by atoms with Gasteiger partial charge in [-0.2, -0.15) is 4.98 Å². The molecule has 3 aromatic heterocycles. The van der Waals surface area contributed by atoms with Crippen LogP contribution in [0, 0.1) is 0 Å². The molecular weight excluding hydrogens is 444 g/mol. The van der Waals surface area contributed by atoms with Gasteiger partial charge in [0.25, 0.3) is 5.56 Å². The monoisotopic (exact) mass is 468 g/mol. The molecule has 9 heteroatoms. The minimum Gasteiger partial charge on any atom is -0.494 e. The van der Waals surface area contributed by atoms with Crippen molar-refractivity contribution in [1.82, 2.24) is 19.7 Å². The maximum absolute atomic E-state index is 13.7. The molecule has 4 aromatic rings. The Morgan fingerprint density at radius 3 is 2.75 bits per heavy atom. The van der Waals surface area contributed by atoms with E-state index in [-0.39, 0.29) is 11.5 Å². The molecule has 166 valence electrons. The average molecular weight is 469 g/mol. The fourth-order valence-electron chi connectivity index (χ4n) is 3.89. The van der Waals surface area contributed by atoms with Crippen LogP contribution in [0.3, 0.4) is 0 Å². The second-order valence-corrected chi connectivity index (χ2v) is 10.0. The first-order valence-corrected chi connectivity index (χ1v) is 12.6. The highest BCUT2D eigenvalue weighted by Gasteiger charge is 2.24. The lowest BCUT2D eigenvalue weighted by atomic mass is 10.2. The number of aromatic nitrogens is 4. The van der Waals surface area contributed by atoms with Crippen molar-refractivity contribution in [3.8, 4) is 11.4 Å². The van der Waals surface area contributed by atoms with Crippen LogP contribution in [0.2, 0.25) is 0 Å². The van der Waals surface area contributed by atoms with Crippen molar-refractivity contribution < 1.29 is 9.26 Å². The van der Waals surface area contributed by atoms with E-state index in [4.69, 9.17) is 14.2 Å². The Morgan fingerprint density at radius 1 is 1.22 bits per heavy atom. The molecule has 0 fully saturated rings. The number of thiophene rings is 1. The number of rotatable bonds is 7. The lowest BCUT2D eigenvalue weighted by Crippen LogP contribution is -2.21. The lowest BCUT2D eigenvalue weighted by molar-refractivity contribution is 0.340. The van der Waals surface area contributed by atoms with Crippen molar-refractivity contribution in [1.29, 1.82) is 0 Å². The smallest absolute Gasteiger partial charge is 0.267 e. The van der Waals surface area contributed by atoms with E-state index in [1.807, 2.05) is 45.0 Å². The quantitative estimate of drug-likeness (QED) is 0.274. The van der Waals surface area contributed by atoms with Gasteiger partial charge in [-0.3, -0.25) is 9.36 Å². The zero-order valence-corrected chi connectivity index (χ0v) is 19.9. The molecular formula is C23H24N4O3S2. The summed E-state index contributed by atoms with van der Waals surface area (Å²) < 4.78 is 12.7. The molecule has 0 saturated carbocycles. The van der Waals surface area contributed by atoms with Crippen LogP contribution < -0.4 is 10.3 Å². The average Bonchev–Trinajstić information content (AvgIpc) is 3.49. The Bertz CT molecular complexity index is 1320. The Morgan fingerprint density at radius 2 is 2.03 bits per heavy atom. The van der Waals surface area contributed by atoms with Gasteiger partial charge in [0, 0.05) is 10.8 Å². The maximum Gasteiger partial charge on any atom is 0.267 e. The van der Waals surface area contributed by atoms with Gasteiger partial charge in [0.2, 0.25) is 5.89 Å². The van der Waals surface area contributed by atoms with E-state index in [2.05, 4.69) is 10.1 Å². The van der Waals surface area contributed by atoms with E-state index in [9.17, 15) is 4.79 Å². The summed E-state index contributed by atoms with van der Waals surface area (Å²) in [7, 11) is 0. The van der Waals surface area contributed by atoms with E-state index >= 15 is 0 Å². The van der Waals surface area contributed by atoms with E-state index in [0.717, 1.165) is 40.9 Å². The summed E-state index contributed by atoms with van der Waals surface area (Å²) in [5, 5.41) is 5.42. The fraction of sp³-hybridized carbons (Fsp3) is 0.391. The van der Waals surface area contributed by atoms with E-state index in [1.54, 1.807) is 15.9 Å². The van der Waals surface area contributed by atoms with Crippen molar-refractivity contribution in [3.63, 3.8) is 0 Å². The number of benzene rings is 1. The van der Waals surface area contributed by atoms with Gasteiger partial charge in [0.05, 0.1) is 23.4 Å². The molecule has 0 amide bonds. The molecule has 32 heavy (non-hydrogen) atoms. The number of thioether (sulfide) groups is 1. The molecule has 0 bridgehead atoms. The van der Waals surface area contributed by atoms with Crippen LogP contribution >= 0.6 is 23.1 Å². The normalized spacial score (nSPS) is 13.2. The van der Waals surface area contributed by atoms with Crippen LogP contribution in [-0.4, -0.2) is 26.3 Å². The molecule has 3 heterocycles. The minimum absolute atomic E-state index is 0.0190. The third-order valence-electron chi connectivity index (χ3n) is 5.44. The van der Waals surface area contributed by atoms with E-state index in [1.165, 1.54) is 22.2 Å². The summed E-state index contributed by atoms with van der Waals surface area (Å²) in [4.78, 5) is 25.2. The van der Waals surface area contributed by atoms with Crippen LogP contribution in [0.25, 0.3) is 15.9 Å². The second-order valence-electron chi connectivity index (χ2n) is 7.99. The fourth-order valence-corrected chi connectivity index (χ4v) is 6.05. The number of aryl methyl sites for hydroxylation is 2. The summed E-state index contributed by atoms with van der Waals surface area (Å²) in [5.41, 5.74) is 1.92. The molecule has 5 rings (SSSR count). The SMILES string of the molecule is CCOc1ccc(-n2c(SCc3nc(C(C)C)no3)nc3sc4c(c3c2=O)CCC4)cc1. The van der Waals surface area contributed by atoms with Gasteiger partial charge in [-0.05, 0) is 56.0 Å². The van der Waals surface area contributed by atoms with Crippen molar-refractivity contribution in [2.24, 2.45) is 0 Å². The first-order chi connectivity index (χ1) is 15.5. The standard InChI is InChI=1S/C23H24N4O3S2/c1-4-29-15-10-8-14(9-11-15)27-22(28)19-16-6-5-7-17(16)32-21(19)25-23(27)31-12-18-24-20(13(2)3)26-30-18/h8-11,13H,4-7,12H2,1-3H3. The molecule has 0 aliphatic heterocycles. The molecule has 1 aromatic carbocycles. The van der Waals surface area contributed by atoms with Gasteiger partial charge in [0.1, 0.15) is 10.6 Å². The Kier molecular flexibility index (Phi) is 5.77. The van der Waals surface area contributed by atoms with E-state index in [0.29, 0.717) is 29.2 Å². The van der Waals surface area contributed by atoms with Crippen molar-refractivity contribution >= 4 is 33.3 Å². The molecule has 0 radical (unpaired) electrons. The molecule has 7 nitrogen and oxygen atoms in total. The van der Waals surface area contributed by atoms with Crippen LogP contribution in [-0.2, 0) is 18.6 Å². The summed E-state index contributed by atoms with van der Waals surface area (Å²) in [6.07, 6.45) is 3.08. The highest BCUT2D eigenvalue weighted by molar-refractivity contribution is 7.98. The lowest BCUT2D eigenvalue weighted by Gasteiger charge is -2.12. The highest BCUT2D eigenvalue weighted by Crippen LogP contribution is 2.36. The van der Waals surface area contributed by atoms with Crippen LogP contribution in [0.4, 0.5) is 0 Å². The number of hydrogen-bond donors (Lipinski definition) is 0. The van der Waals surface area contributed by atoms with Gasteiger partial charge in [0.15, 0.2) is 11.0 Å². The van der Waals surface area contributed by atoms with Crippen LogP contribution in [0.1, 0.15) is 55.3 Å². The third-order valence-corrected chi connectivity index (χ3v) is 7.55. The first-order valence-electron chi connectivity index (χ1n) is 10.8. The largest absolute Gasteiger partial charge is 0.494 e. The number of hydrogen-bond acceptors (Lipinski definition) is 8. The van der Waals surface area contributed by atoms with Gasteiger partial charge in [-0.1, -0.05) is 30.8 Å². The molecule has 1 aliphatic carbocycles. The predicted molar refractivity (Wildman–Crippen MR) is 126 cm³/mol. The molecule has 0 N–H and O–H groups in total. The Balaban J connectivity index is 1.58. The van der Waals surface area contributed by atoms with Gasteiger partial charge >= 0.3 is 0 Å². The minimum atomic E-state index is -0.0190. The second kappa shape index (κ2) is 8.71. The van der Waals surface area contributed by atoms with Gasteiger partial charge in [-0.25, -0.2) is 4.98 Å². The van der Waals surface area contributed by atoms with Crippen molar-refractivity contribution in [3.05, 3.63) is 56.8 Å². The van der Waals surface area contributed by atoms with Crippen molar-refractivity contribution in [2.45, 2.75) is 56.9 Å². The first kappa shape index (κ1) is 21.2. The zero-order chi connectivity index (χ0) is 22.2. The number of fused-ring (bicyclic) bond motifs is 3. The van der Waals surface area contributed by atoms with Crippen molar-refractivity contribution in [2.75, 3.05) is 6.61 Å². The predicted octanol–water partition coefficient (Wildman–Crippen LogP) is 5.13. The molecule has 1 aliphatic rings.